The molecule has 0 bridgehead atoms. The monoisotopic (exact) mass is 396 g/mol. The Kier molecular flexibility index (Phi) is 5.39. The van der Waals surface area contributed by atoms with Crippen LogP contribution in [0.3, 0.4) is 0 Å². The summed E-state index contributed by atoms with van der Waals surface area (Å²) in [5.74, 6) is 2.08. The van der Waals surface area contributed by atoms with Gasteiger partial charge in [-0.1, -0.05) is 79.7 Å². The van der Waals surface area contributed by atoms with Crippen molar-refractivity contribution < 1.29 is 0 Å². The lowest BCUT2D eigenvalue weighted by molar-refractivity contribution is 0.859. The van der Waals surface area contributed by atoms with E-state index in [-0.39, 0.29) is 0 Å². The number of hydrogen-bond donors (Lipinski definition) is 0. The van der Waals surface area contributed by atoms with Gasteiger partial charge in [0.05, 0.1) is 0 Å². The molecule has 4 rings (SSSR count). The summed E-state index contributed by atoms with van der Waals surface area (Å²) < 4.78 is 0. The van der Waals surface area contributed by atoms with E-state index in [0.717, 1.165) is 0 Å². The highest BCUT2D eigenvalue weighted by atomic mass is 14.2. The van der Waals surface area contributed by atoms with E-state index in [1.54, 1.807) is 0 Å². The molecule has 156 valence electrons. The predicted octanol–water partition coefficient (Wildman–Crippen LogP) is 9.64. The highest BCUT2D eigenvalue weighted by Crippen LogP contribution is 2.39. The first kappa shape index (κ1) is 20.9. The van der Waals surface area contributed by atoms with Gasteiger partial charge >= 0.3 is 0 Å². The first-order valence-corrected chi connectivity index (χ1v) is 11.7. The molecule has 30 heavy (non-hydrogen) atoms. The standard InChI is InChI=1S/C30H36/c1-17(2)23-9-10-24(18(3)4)28-14-22-16-30-26(20(7)8)12-11-25(19(5)6)29(30)15-21(22)13-27(23)28/h9-20H,1-8H3. The van der Waals surface area contributed by atoms with Crippen molar-refractivity contribution in [3.05, 3.63) is 70.8 Å². The van der Waals surface area contributed by atoms with Crippen molar-refractivity contribution in [1.29, 1.82) is 0 Å². The quantitative estimate of drug-likeness (QED) is 0.301. The fourth-order valence-corrected chi connectivity index (χ4v) is 5.04. The van der Waals surface area contributed by atoms with Gasteiger partial charge in [0.25, 0.3) is 0 Å². The predicted molar refractivity (Wildman–Crippen MR) is 135 cm³/mol. The van der Waals surface area contributed by atoms with E-state index in [4.69, 9.17) is 0 Å². The highest BCUT2D eigenvalue weighted by Gasteiger charge is 2.15. The topological polar surface area (TPSA) is 0 Å². The lowest BCUT2D eigenvalue weighted by Gasteiger charge is -2.19. The van der Waals surface area contributed by atoms with Gasteiger partial charge in [0.1, 0.15) is 0 Å². The summed E-state index contributed by atoms with van der Waals surface area (Å²) in [6.45, 7) is 18.4. The van der Waals surface area contributed by atoms with Crippen LogP contribution in [0.1, 0.15) is 101 Å². The molecule has 0 fully saturated rings. The first-order chi connectivity index (χ1) is 14.2. The van der Waals surface area contributed by atoms with E-state index in [9.17, 15) is 0 Å². The average molecular weight is 397 g/mol. The average Bonchev–Trinajstić information content (AvgIpc) is 2.68. The third-order valence-electron chi connectivity index (χ3n) is 6.73. The molecule has 0 aliphatic rings. The van der Waals surface area contributed by atoms with E-state index in [2.05, 4.69) is 104 Å². The van der Waals surface area contributed by atoms with Crippen LogP contribution in [0.5, 0.6) is 0 Å². The van der Waals surface area contributed by atoms with Crippen molar-refractivity contribution in [3.8, 4) is 0 Å². The third-order valence-corrected chi connectivity index (χ3v) is 6.73. The van der Waals surface area contributed by atoms with Crippen LogP contribution in [0.25, 0.3) is 32.3 Å². The van der Waals surface area contributed by atoms with E-state index in [0.29, 0.717) is 23.7 Å². The van der Waals surface area contributed by atoms with Crippen molar-refractivity contribution >= 4 is 32.3 Å². The summed E-state index contributed by atoms with van der Waals surface area (Å²) in [6, 6.07) is 19.2. The minimum atomic E-state index is 0.519. The number of fused-ring (bicyclic) bond motifs is 3. The normalized spacial score (nSPS) is 12.5. The second kappa shape index (κ2) is 7.73. The molecule has 0 heteroatoms. The Bertz CT molecular complexity index is 1040. The third kappa shape index (κ3) is 3.41. The molecule has 0 nitrogen and oxygen atoms in total. The van der Waals surface area contributed by atoms with Crippen molar-refractivity contribution in [2.45, 2.75) is 79.1 Å². The van der Waals surface area contributed by atoms with Gasteiger partial charge in [-0.3, -0.25) is 0 Å². The van der Waals surface area contributed by atoms with Crippen LogP contribution in [0.15, 0.2) is 48.5 Å². The van der Waals surface area contributed by atoms with Crippen LogP contribution in [0.4, 0.5) is 0 Å². The van der Waals surface area contributed by atoms with Crippen molar-refractivity contribution in [1.82, 2.24) is 0 Å². The summed E-state index contributed by atoms with van der Waals surface area (Å²) in [6.07, 6.45) is 0. The molecule has 4 aromatic rings. The molecule has 0 heterocycles. The van der Waals surface area contributed by atoms with E-state index in [1.165, 1.54) is 54.6 Å². The molecule has 0 amide bonds. The molecule has 0 aliphatic heterocycles. The fourth-order valence-electron chi connectivity index (χ4n) is 5.04. The molecule has 0 spiro atoms. The molecule has 0 atom stereocenters. The zero-order valence-corrected chi connectivity index (χ0v) is 19.9. The molecule has 4 aromatic carbocycles. The highest BCUT2D eigenvalue weighted by molar-refractivity contribution is 6.08. The van der Waals surface area contributed by atoms with Gasteiger partial charge in [-0.15, -0.1) is 0 Å². The van der Waals surface area contributed by atoms with Gasteiger partial charge in [-0.25, -0.2) is 0 Å². The molecule has 0 aromatic heterocycles. The summed E-state index contributed by atoms with van der Waals surface area (Å²) >= 11 is 0. The van der Waals surface area contributed by atoms with Gasteiger partial charge in [0, 0.05) is 0 Å². The van der Waals surface area contributed by atoms with Gasteiger partial charge < -0.3 is 0 Å². The zero-order chi connectivity index (χ0) is 21.7. The van der Waals surface area contributed by atoms with Gasteiger partial charge in [-0.05, 0) is 103 Å². The van der Waals surface area contributed by atoms with Crippen LogP contribution >= 0.6 is 0 Å². The molecular weight excluding hydrogens is 360 g/mol. The Morgan fingerprint density at radius 3 is 0.733 bits per heavy atom. The van der Waals surface area contributed by atoms with Crippen LogP contribution in [0, 0.1) is 0 Å². The van der Waals surface area contributed by atoms with Crippen LogP contribution in [-0.2, 0) is 0 Å². The Morgan fingerprint density at radius 2 is 0.567 bits per heavy atom. The lowest BCUT2D eigenvalue weighted by atomic mass is 9.85. The van der Waals surface area contributed by atoms with Gasteiger partial charge in [-0.2, -0.15) is 0 Å². The Morgan fingerprint density at radius 1 is 0.367 bits per heavy atom. The summed E-state index contributed by atoms with van der Waals surface area (Å²) in [4.78, 5) is 0. The largest absolute Gasteiger partial charge is 0.0587 e. The summed E-state index contributed by atoms with van der Waals surface area (Å²) in [7, 11) is 0. The molecule has 0 saturated heterocycles. The maximum Gasteiger partial charge on any atom is -0.0140 e. The number of benzene rings is 4. The van der Waals surface area contributed by atoms with Crippen LogP contribution in [0.2, 0.25) is 0 Å². The van der Waals surface area contributed by atoms with Crippen molar-refractivity contribution in [2.75, 3.05) is 0 Å². The molecule has 0 aliphatic carbocycles. The molecular formula is C30H36. The second-order valence-corrected chi connectivity index (χ2v) is 10.2. The van der Waals surface area contributed by atoms with Gasteiger partial charge in [0.15, 0.2) is 0 Å². The summed E-state index contributed by atoms with van der Waals surface area (Å²) in [5.41, 5.74) is 5.82. The Balaban J connectivity index is 2.16. The van der Waals surface area contributed by atoms with Gasteiger partial charge in [0.2, 0.25) is 0 Å². The zero-order valence-electron chi connectivity index (χ0n) is 19.9. The molecule has 0 radical (unpaired) electrons. The van der Waals surface area contributed by atoms with Crippen LogP contribution < -0.4 is 0 Å². The summed E-state index contributed by atoms with van der Waals surface area (Å²) in [5, 5.41) is 8.42. The van der Waals surface area contributed by atoms with E-state index >= 15 is 0 Å². The van der Waals surface area contributed by atoms with E-state index in [1.807, 2.05) is 0 Å². The minimum Gasteiger partial charge on any atom is -0.0587 e. The van der Waals surface area contributed by atoms with Crippen molar-refractivity contribution in [2.24, 2.45) is 0 Å². The first-order valence-electron chi connectivity index (χ1n) is 11.7. The lowest BCUT2D eigenvalue weighted by Crippen LogP contribution is -1.97. The molecule has 0 saturated carbocycles. The number of hydrogen-bond acceptors (Lipinski definition) is 0. The minimum absolute atomic E-state index is 0.519. The second-order valence-electron chi connectivity index (χ2n) is 10.2. The Labute approximate surface area is 182 Å². The molecule has 0 unspecified atom stereocenters. The maximum absolute atomic E-state index is 2.46. The SMILES string of the molecule is CC(C)c1ccc(C(C)C)c2cc3cc4c(C(C)C)ccc(C(C)C)c4cc3cc12. The Hall–Kier alpha value is -2.34. The molecule has 0 N–H and O–H groups in total. The van der Waals surface area contributed by atoms with E-state index < -0.39 is 0 Å². The van der Waals surface area contributed by atoms with Crippen LogP contribution in [-0.4, -0.2) is 0 Å². The smallest absolute Gasteiger partial charge is 0.0140 e. The maximum atomic E-state index is 2.46. The van der Waals surface area contributed by atoms with Crippen molar-refractivity contribution in [3.63, 3.8) is 0 Å². The fraction of sp³-hybridized carbons (Fsp3) is 0.400. The number of rotatable bonds is 4.